The van der Waals surface area contributed by atoms with Gasteiger partial charge in [-0.15, -0.1) is 0 Å². The SMILES string of the molecule is CC(C)(C)S(=O)(=O)N1CCCCC1N. The molecule has 84 valence electrons. The van der Waals surface area contributed by atoms with E-state index in [2.05, 4.69) is 0 Å². The first-order valence-corrected chi connectivity index (χ1v) is 6.48. The van der Waals surface area contributed by atoms with E-state index >= 15 is 0 Å². The maximum Gasteiger partial charge on any atom is 0.220 e. The van der Waals surface area contributed by atoms with Crippen molar-refractivity contribution in [3.05, 3.63) is 0 Å². The first-order valence-electron chi connectivity index (χ1n) is 5.04. The lowest BCUT2D eigenvalue weighted by Crippen LogP contribution is -2.53. The predicted octanol–water partition coefficient (Wildman–Crippen LogP) is 0.885. The summed E-state index contributed by atoms with van der Waals surface area (Å²) in [4.78, 5) is 0. The van der Waals surface area contributed by atoms with Crippen LogP contribution in [0.25, 0.3) is 0 Å². The Morgan fingerprint density at radius 1 is 1.29 bits per heavy atom. The van der Waals surface area contributed by atoms with Crippen molar-refractivity contribution in [3.8, 4) is 0 Å². The Labute approximate surface area is 86.5 Å². The van der Waals surface area contributed by atoms with Crippen molar-refractivity contribution < 1.29 is 8.42 Å². The van der Waals surface area contributed by atoms with Crippen LogP contribution >= 0.6 is 0 Å². The largest absolute Gasteiger partial charge is 0.315 e. The molecule has 1 heterocycles. The quantitative estimate of drug-likeness (QED) is 0.713. The monoisotopic (exact) mass is 220 g/mol. The first-order chi connectivity index (χ1) is 6.27. The summed E-state index contributed by atoms with van der Waals surface area (Å²) in [5.41, 5.74) is 5.81. The van der Waals surface area contributed by atoms with Gasteiger partial charge in [-0.1, -0.05) is 0 Å². The second kappa shape index (κ2) is 3.79. The van der Waals surface area contributed by atoms with Crippen molar-refractivity contribution in [3.63, 3.8) is 0 Å². The van der Waals surface area contributed by atoms with Crippen LogP contribution < -0.4 is 5.73 Å². The Morgan fingerprint density at radius 3 is 2.29 bits per heavy atom. The van der Waals surface area contributed by atoms with Gasteiger partial charge in [-0.3, -0.25) is 0 Å². The standard InChI is InChI=1S/C9H20N2O2S/c1-9(2,3)14(12,13)11-7-5-4-6-8(11)10/h8H,4-7,10H2,1-3H3. The van der Waals surface area contributed by atoms with Gasteiger partial charge in [0, 0.05) is 6.54 Å². The Balaban J connectivity index is 2.92. The molecule has 4 nitrogen and oxygen atoms in total. The van der Waals surface area contributed by atoms with Crippen LogP contribution in [0.1, 0.15) is 40.0 Å². The summed E-state index contributed by atoms with van der Waals surface area (Å²) in [5, 5.41) is 0. The smallest absolute Gasteiger partial charge is 0.220 e. The molecule has 1 aliphatic rings. The Kier molecular flexibility index (Phi) is 3.23. The molecule has 1 fully saturated rings. The van der Waals surface area contributed by atoms with E-state index in [1.165, 1.54) is 4.31 Å². The fourth-order valence-corrected chi connectivity index (χ4v) is 3.12. The van der Waals surface area contributed by atoms with Crippen molar-refractivity contribution in [1.82, 2.24) is 4.31 Å². The molecular weight excluding hydrogens is 200 g/mol. The predicted molar refractivity (Wildman–Crippen MR) is 57.2 cm³/mol. The summed E-state index contributed by atoms with van der Waals surface area (Å²) in [7, 11) is -3.24. The molecule has 0 amide bonds. The van der Waals surface area contributed by atoms with Crippen molar-refractivity contribution in [2.75, 3.05) is 6.54 Å². The molecule has 1 saturated heterocycles. The third-order valence-corrected chi connectivity index (χ3v) is 5.20. The minimum atomic E-state index is -3.24. The number of nitrogens with zero attached hydrogens (tertiary/aromatic N) is 1. The van der Waals surface area contributed by atoms with E-state index in [0.717, 1.165) is 19.3 Å². The zero-order valence-electron chi connectivity index (χ0n) is 9.16. The molecule has 1 unspecified atom stereocenters. The van der Waals surface area contributed by atoms with Crippen LogP contribution in [0, 0.1) is 0 Å². The van der Waals surface area contributed by atoms with Crippen LogP contribution in [0.2, 0.25) is 0 Å². The number of rotatable bonds is 1. The Bertz CT molecular complexity index is 292. The average Bonchev–Trinajstić information content (AvgIpc) is 2.02. The summed E-state index contributed by atoms with van der Waals surface area (Å²) in [6, 6.07) is 0. The average molecular weight is 220 g/mol. The molecule has 0 spiro atoms. The first kappa shape index (κ1) is 11.9. The van der Waals surface area contributed by atoms with Crippen LogP contribution in [-0.2, 0) is 10.0 Å². The fraction of sp³-hybridized carbons (Fsp3) is 1.00. The number of hydrogen-bond acceptors (Lipinski definition) is 3. The molecule has 0 radical (unpaired) electrons. The van der Waals surface area contributed by atoms with Crippen molar-refractivity contribution >= 4 is 10.0 Å². The van der Waals surface area contributed by atoms with E-state index in [9.17, 15) is 8.42 Å². The molecule has 0 aromatic heterocycles. The van der Waals surface area contributed by atoms with Crippen LogP contribution in [0.5, 0.6) is 0 Å². The summed E-state index contributed by atoms with van der Waals surface area (Å²) >= 11 is 0. The highest BCUT2D eigenvalue weighted by Crippen LogP contribution is 2.25. The molecule has 2 N–H and O–H groups in total. The van der Waals surface area contributed by atoms with Crippen LogP contribution in [0.3, 0.4) is 0 Å². The molecule has 1 aliphatic heterocycles. The van der Waals surface area contributed by atoms with E-state index in [1.54, 1.807) is 20.8 Å². The lowest BCUT2D eigenvalue weighted by Gasteiger charge is -2.36. The van der Waals surface area contributed by atoms with E-state index in [-0.39, 0.29) is 6.17 Å². The van der Waals surface area contributed by atoms with Gasteiger partial charge < -0.3 is 5.73 Å². The molecule has 0 saturated carbocycles. The molecule has 0 aromatic rings. The van der Waals surface area contributed by atoms with Gasteiger partial charge in [0.2, 0.25) is 10.0 Å². The van der Waals surface area contributed by atoms with Crippen molar-refractivity contribution in [2.24, 2.45) is 5.73 Å². The highest BCUT2D eigenvalue weighted by Gasteiger charge is 2.38. The lowest BCUT2D eigenvalue weighted by atomic mass is 10.1. The molecule has 14 heavy (non-hydrogen) atoms. The highest BCUT2D eigenvalue weighted by atomic mass is 32.2. The van der Waals surface area contributed by atoms with Crippen LogP contribution in [0.4, 0.5) is 0 Å². The van der Waals surface area contributed by atoms with Crippen molar-refractivity contribution in [2.45, 2.75) is 50.9 Å². The van der Waals surface area contributed by atoms with Gasteiger partial charge in [0.1, 0.15) is 0 Å². The molecule has 5 heteroatoms. The molecule has 1 atom stereocenters. The number of hydrogen-bond donors (Lipinski definition) is 1. The second-order valence-electron chi connectivity index (χ2n) is 4.79. The number of sulfonamides is 1. The normalized spacial score (nSPS) is 26.4. The third kappa shape index (κ3) is 2.10. The van der Waals surface area contributed by atoms with E-state index in [0.29, 0.717) is 6.54 Å². The highest BCUT2D eigenvalue weighted by molar-refractivity contribution is 7.90. The number of nitrogens with two attached hydrogens (primary N) is 1. The second-order valence-corrected chi connectivity index (χ2v) is 7.44. The minimum absolute atomic E-state index is 0.326. The molecule has 0 bridgehead atoms. The van der Waals surface area contributed by atoms with Gasteiger partial charge in [-0.05, 0) is 40.0 Å². The molecule has 0 aliphatic carbocycles. The maximum absolute atomic E-state index is 12.1. The molecule has 1 rings (SSSR count). The summed E-state index contributed by atoms with van der Waals surface area (Å²) in [6.45, 7) is 5.71. The summed E-state index contributed by atoms with van der Waals surface area (Å²) in [5.74, 6) is 0. The van der Waals surface area contributed by atoms with Gasteiger partial charge in [-0.2, -0.15) is 4.31 Å². The van der Waals surface area contributed by atoms with E-state index < -0.39 is 14.8 Å². The summed E-state index contributed by atoms with van der Waals surface area (Å²) in [6.07, 6.45) is 2.39. The zero-order valence-corrected chi connectivity index (χ0v) is 9.97. The topological polar surface area (TPSA) is 63.4 Å². The van der Waals surface area contributed by atoms with Gasteiger partial charge in [0.05, 0.1) is 10.9 Å². The number of piperidine rings is 1. The fourth-order valence-electron chi connectivity index (χ4n) is 1.58. The van der Waals surface area contributed by atoms with Crippen molar-refractivity contribution in [1.29, 1.82) is 0 Å². The molecule has 0 aromatic carbocycles. The summed E-state index contributed by atoms with van der Waals surface area (Å²) < 4.78 is 24.8. The Morgan fingerprint density at radius 2 is 1.86 bits per heavy atom. The van der Waals surface area contributed by atoms with Gasteiger partial charge in [0.15, 0.2) is 0 Å². The molecular formula is C9H20N2O2S. The van der Waals surface area contributed by atoms with E-state index in [1.807, 2.05) is 0 Å². The van der Waals surface area contributed by atoms with Crippen LogP contribution in [0.15, 0.2) is 0 Å². The van der Waals surface area contributed by atoms with Gasteiger partial charge in [-0.25, -0.2) is 8.42 Å². The van der Waals surface area contributed by atoms with Crippen LogP contribution in [-0.4, -0.2) is 30.2 Å². The minimum Gasteiger partial charge on any atom is -0.315 e. The van der Waals surface area contributed by atoms with Gasteiger partial charge >= 0.3 is 0 Å². The van der Waals surface area contributed by atoms with E-state index in [4.69, 9.17) is 5.73 Å². The third-order valence-electron chi connectivity index (χ3n) is 2.58. The lowest BCUT2D eigenvalue weighted by molar-refractivity contribution is 0.252. The van der Waals surface area contributed by atoms with Gasteiger partial charge in [0.25, 0.3) is 0 Å². The zero-order chi connectivity index (χ0) is 11.0. The maximum atomic E-state index is 12.1. The Hall–Kier alpha value is -0.130.